The first-order chi connectivity index (χ1) is 7.86. The van der Waals surface area contributed by atoms with Gasteiger partial charge in [-0.15, -0.1) is 0 Å². The van der Waals surface area contributed by atoms with Crippen LogP contribution in [0.5, 0.6) is 0 Å². The fourth-order valence-corrected chi connectivity index (χ4v) is 3.09. The summed E-state index contributed by atoms with van der Waals surface area (Å²) >= 11 is 0. The topological polar surface area (TPSA) is 21.3 Å². The average molecular weight is 225 g/mol. The largest absolute Gasteiger partial charge is 0.377 e. The minimum atomic E-state index is 0.493. The highest BCUT2D eigenvalue weighted by Gasteiger charge is 2.21. The Hall–Kier alpha value is -0.0800. The number of rotatable bonds is 4. The van der Waals surface area contributed by atoms with E-state index in [9.17, 15) is 0 Å². The van der Waals surface area contributed by atoms with Gasteiger partial charge >= 0.3 is 0 Å². The van der Waals surface area contributed by atoms with Gasteiger partial charge in [0, 0.05) is 13.2 Å². The van der Waals surface area contributed by atoms with E-state index in [0.717, 1.165) is 25.0 Å². The third-order valence-corrected chi connectivity index (χ3v) is 4.34. The van der Waals surface area contributed by atoms with Crippen LogP contribution in [0, 0.1) is 11.8 Å². The smallest absolute Gasteiger partial charge is 0.0699 e. The molecule has 0 aromatic carbocycles. The lowest BCUT2D eigenvalue weighted by molar-refractivity contribution is 0.0159. The van der Waals surface area contributed by atoms with Crippen LogP contribution < -0.4 is 5.32 Å². The maximum absolute atomic E-state index is 5.73. The second-order valence-electron chi connectivity index (χ2n) is 5.67. The molecule has 3 unspecified atom stereocenters. The Kier molecular flexibility index (Phi) is 5.11. The van der Waals surface area contributed by atoms with E-state index in [-0.39, 0.29) is 0 Å². The van der Waals surface area contributed by atoms with Gasteiger partial charge in [-0.1, -0.05) is 26.2 Å². The Morgan fingerprint density at radius 3 is 2.56 bits per heavy atom. The molecule has 2 heteroatoms. The van der Waals surface area contributed by atoms with Crippen molar-refractivity contribution in [3.63, 3.8) is 0 Å². The molecule has 1 N–H and O–H groups in total. The fourth-order valence-electron chi connectivity index (χ4n) is 3.09. The van der Waals surface area contributed by atoms with Crippen molar-refractivity contribution in [1.29, 1.82) is 0 Å². The Balaban J connectivity index is 1.59. The zero-order chi connectivity index (χ0) is 11.2. The van der Waals surface area contributed by atoms with Crippen LogP contribution in [0.3, 0.4) is 0 Å². The zero-order valence-corrected chi connectivity index (χ0v) is 10.7. The van der Waals surface area contributed by atoms with Gasteiger partial charge < -0.3 is 10.1 Å². The molecule has 1 aliphatic carbocycles. The molecule has 1 aliphatic heterocycles. The van der Waals surface area contributed by atoms with Crippen molar-refractivity contribution in [2.75, 3.05) is 19.7 Å². The van der Waals surface area contributed by atoms with Gasteiger partial charge in [-0.2, -0.15) is 0 Å². The van der Waals surface area contributed by atoms with Gasteiger partial charge in [0.25, 0.3) is 0 Å². The first-order valence-corrected chi connectivity index (χ1v) is 7.18. The van der Waals surface area contributed by atoms with Crippen molar-refractivity contribution in [3.8, 4) is 0 Å². The molecule has 2 aliphatic rings. The fraction of sp³-hybridized carbons (Fsp3) is 1.00. The molecule has 94 valence electrons. The summed E-state index contributed by atoms with van der Waals surface area (Å²) in [5, 5.41) is 3.63. The summed E-state index contributed by atoms with van der Waals surface area (Å²) in [7, 11) is 0. The summed E-state index contributed by atoms with van der Waals surface area (Å²) in [6.45, 7) is 5.68. The summed E-state index contributed by atoms with van der Waals surface area (Å²) in [5.74, 6) is 1.84. The lowest BCUT2D eigenvalue weighted by atomic mass is 9.80. The molecule has 0 bridgehead atoms. The highest BCUT2D eigenvalue weighted by molar-refractivity contribution is 4.75. The lowest BCUT2D eigenvalue weighted by Gasteiger charge is -2.30. The molecule has 0 spiro atoms. The predicted molar refractivity (Wildman–Crippen MR) is 67.6 cm³/mol. The van der Waals surface area contributed by atoms with Crippen LogP contribution in [0.2, 0.25) is 0 Å². The van der Waals surface area contributed by atoms with E-state index in [2.05, 4.69) is 12.2 Å². The normalized spacial score (nSPS) is 36.2. The third kappa shape index (κ3) is 3.74. The molecule has 0 amide bonds. The van der Waals surface area contributed by atoms with Crippen LogP contribution in [0.25, 0.3) is 0 Å². The van der Waals surface area contributed by atoms with E-state index < -0.39 is 0 Å². The summed E-state index contributed by atoms with van der Waals surface area (Å²) in [4.78, 5) is 0. The first-order valence-electron chi connectivity index (χ1n) is 7.18. The Bertz CT molecular complexity index is 189. The van der Waals surface area contributed by atoms with Crippen molar-refractivity contribution in [1.82, 2.24) is 5.32 Å². The van der Waals surface area contributed by atoms with Crippen molar-refractivity contribution >= 4 is 0 Å². The minimum absolute atomic E-state index is 0.493. The molecule has 16 heavy (non-hydrogen) atoms. The van der Waals surface area contributed by atoms with Gasteiger partial charge in [0.1, 0.15) is 0 Å². The van der Waals surface area contributed by atoms with E-state index in [4.69, 9.17) is 4.74 Å². The molecule has 3 atom stereocenters. The Labute approximate surface area is 100 Å². The van der Waals surface area contributed by atoms with Crippen LogP contribution in [0.15, 0.2) is 0 Å². The zero-order valence-electron chi connectivity index (χ0n) is 10.7. The number of nitrogens with one attached hydrogen (secondary N) is 1. The molecule has 0 radical (unpaired) electrons. The SMILES string of the molecule is CC1CCCCC1CNCC1CCCCO1. The highest BCUT2D eigenvalue weighted by Crippen LogP contribution is 2.28. The van der Waals surface area contributed by atoms with Gasteiger partial charge in [-0.05, 0) is 44.1 Å². The molecular formula is C14H27NO. The van der Waals surface area contributed by atoms with E-state index in [0.29, 0.717) is 6.10 Å². The molecule has 1 saturated heterocycles. The summed E-state index contributed by atoms with van der Waals surface area (Å²) in [6, 6.07) is 0. The summed E-state index contributed by atoms with van der Waals surface area (Å²) in [6.07, 6.45) is 10.1. The van der Waals surface area contributed by atoms with Gasteiger partial charge in [0.15, 0.2) is 0 Å². The Morgan fingerprint density at radius 2 is 1.81 bits per heavy atom. The van der Waals surface area contributed by atoms with Crippen molar-refractivity contribution in [2.24, 2.45) is 11.8 Å². The monoisotopic (exact) mass is 225 g/mol. The van der Waals surface area contributed by atoms with Crippen LogP contribution >= 0.6 is 0 Å². The van der Waals surface area contributed by atoms with E-state index in [1.807, 2.05) is 0 Å². The van der Waals surface area contributed by atoms with E-state index >= 15 is 0 Å². The van der Waals surface area contributed by atoms with Gasteiger partial charge in [-0.25, -0.2) is 0 Å². The lowest BCUT2D eigenvalue weighted by Crippen LogP contribution is -2.36. The number of hydrogen-bond donors (Lipinski definition) is 1. The molecule has 1 saturated carbocycles. The van der Waals surface area contributed by atoms with Crippen molar-refractivity contribution in [2.45, 2.75) is 58.0 Å². The van der Waals surface area contributed by atoms with Gasteiger partial charge in [0.05, 0.1) is 6.10 Å². The van der Waals surface area contributed by atoms with E-state index in [1.165, 1.54) is 51.5 Å². The molecule has 2 rings (SSSR count). The predicted octanol–water partition coefficient (Wildman–Crippen LogP) is 2.97. The standard InChI is InChI=1S/C14H27NO/c1-12-6-2-3-7-13(12)10-15-11-14-8-4-5-9-16-14/h12-15H,2-11H2,1H3. The third-order valence-electron chi connectivity index (χ3n) is 4.34. The summed E-state index contributed by atoms with van der Waals surface area (Å²) in [5.41, 5.74) is 0. The van der Waals surface area contributed by atoms with Crippen LogP contribution in [0.4, 0.5) is 0 Å². The Morgan fingerprint density at radius 1 is 1.00 bits per heavy atom. The van der Waals surface area contributed by atoms with E-state index in [1.54, 1.807) is 0 Å². The summed E-state index contributed by atoms with van der Waals surface area (Å²) < 4.78 is 5.73. The molecule has 2 nitrogen and oxygen atoms in total. The van der Waals surface area contributed by atoms with Gasteiger partial charge in [0.2, 0.25) is 0 Å². The molecule has 1 heterocycles. The molecule has 0 aromatic rings. The maximum atomic E-state index is 5.73. The van der Waals surface area contributed by atoms with Crippen molar-refractivity contribution < 1.29 is 4.74 Å². The molecule has 2 fully saturated rings. The maximum Gasteiger partial charge on any atom is 0.0699 e. The van der Waals surface area contributed by atoms with Gasteiger partial charge in [-0.3, -0.25) is 0 Å². The second kappa shape index (κ2) is 6.61. The first kappa shape index (κ1) is 12.4. The highest BCUT2D eigenvalue weighted by atomic mass is 16.5. The van der Waals surface area contributed by atoms with Crippen LogP contribution in [-0.4, -0.2) is 25.8 Å². The van der Waals surface area contributed by atoms with Crippen molar-refractivity contribution in [3.05, 3.63) is 0 Å². The molecule has 0 aromatic heterocycles. The minimum Gasteiger partial charge on any atom is -0.377 e. The quantitative estimate of drug-likeness (QED) is 0.794. The number of hydrogen-bond acceptors (Lipinski definition) is 2. The van der Waals surface area contributed by atoms with Crippen LogP contribution in [-0.2, 0) is 4.74 Å². The molecular weight excluding hydrogens is 198 g/mol. The average Bonchev–Trinajstić information content (AvgIpc) is 2.33. The van der Waals surface area contributed by atoms with Crippen LogP contribution in [0.1, 0.15) is 51.9 Å². The second-order valence-corrected chi connectivity index (χ2v) is 5.67. The number of ether oxygens (including phenoxy) is 1.